The number of benzene rings is 1. The van der Waals surface area contributed by atoms with Crippen LogP contribution in [-0.4, -0.2) is 53.3 Å². The minimum atomic E-state index is -1.41. The predicted octanol–water partition coefficient (Wildman–Crippen LogP) is 2.48. The van der Waals surface area contributed by atoms with Gasteiger partial charge < -0.3 is 19.8 Å². The zero-order valence-corrected chi connectivity index (χ0v) is 16.1. The van der Waals surface area contributed by atoms with Gasteiger partial charge in [-0.05, 0) is 43.4 Å². The summed E-state index contributed by atoms with van der Waals surface area (Å²) in [5.41, 5.74) is -1.03. The van der Waals surface area contributed by atoms with Crippen LogP contribution in [0.3, 0.4) is 0 Å². The van der Waals surface area contributed by atoms with Gasteiger partial charge in [-0.2, -0.15) is 0 Å². The highest BCUT2D eigenvalue weighted by molar-refractivity contribution is 5.84. The SMILES string of the molecule is COc1cccc(C[C@@]2(C(=O)O)CN(C(=O)C3(C)CCCC3)CC[C@@H]2O)c1. The molecule has 6 heteroatoms. The van der Waals surface area contributed by atoms with Crippen LogP contribution >= 0.6 is 0 Å². The number of carbonyl (C=O) groups is 2. The normalized spacial score (nSPS) is 27.4. The molecule has 2 N–H and O–H groups in total. The van der Waals surface area contributed by atoms with Crippen molar-refractivity contribution in [2.75, 3.05) is 20.2 Å². The number of amides is 1. The Morgan fingerprint density at radius 3 is 2.63 bits per heavy atom. The van der Waals surface area contributed by atoms with Gasteiger partial charge in [0.1, 0.15) is 11.2 Å². The summed E-state index contributed by atoms with van der Waals surface area (Å²) in [5.74, 6) is -0.389. The van der Waals surface area contributed by atoms with Gasteiger partial charge in [-0.15, -0.1) is 0 Å². The Labute approximate surface area is 160 Å². The van der Waals surface area contributed by atoms with Crippen molar-refractivity contribution < 1.29 is 24.5 Å². The topological polar surface area (TPSA) is 87.1 Å². The number of carboxylic acid groups (broad SMARTS) is 1. The number of aliphatic hydroxyl groups is 1. The summed E-state index contributed by atoms with van der Waals surface area (Å²) >= 11 is 0. The average molecular weight is 375 g/mol. The van der Waals surface area contributed by atoms with Crippen LogP contribution in [0.4, 0.5) is 0 Å². The highest BCUT2D eigenvalue weighted by atomic mass is 16.5. The summed E-state index contributed by atoms with van der Waals surface area (Å²) in [4.78, 5) is 27.1. The maximum atomic E-state index is 13.1. The predicted molar refractivity (Wildman–Crippen MR) is 101 cm³/mol. The third-order valence-corrected chi connectivity index (χ3v) is 6.37. The highest BCUT2D eigenvalue weighted by Gasteiger charge is 2.52. The molecule has 0 spiro atoms. The molecular weight excluding hydrogens is 346 g/mol. The Kier molecular flexibility index (Phi) is 5.47. The Balaban J connectivity index is 1.87. The van der Waals surface area contributed by atoms with E-state index in [-0.39, 0.29) is 25.3 Å². The summed E-state index contributed by atoms with van der Waals surface area (Å²) in [6.07, 6.45) is 3.20. The Bertz CT molecular complexity index is 712. The second-order valence-electron chi connectivity index (χ2n) is 8.29. The molecule has 6 nitrogen and oxygen atoms in total. The highest BCUT2D eigenvalue weighted by Crippen LogP contribution is 2.42. The summed E-state index contributed by atoms with van der Waals surface area (Å²) < 4.78 is 5.23. The van der Waals surface area contributed by atoms with Gasteiger partial charge in [0.25, 0.3) is 0 Å². The molecule has 1 aromatic carbocycles. The van der Waals surface area contributed by atoms with E-state index in [4.69, 9.17) is 4.74 Å². The van der Waals surface area contributed by atoms with E-state index < -0.39 is 22.9 Å². The fraction of sp³-hybridized carbons (Fsp3) is 0.619. The third-order valence-electron chi connectivity index (χ3n) is 6.37. The van der Waals surface area contributed by atoms with Crippen molar-refractivity contribution in [3.05, 3.63) is 29.8 Å². The number of aliphatic hydroxyl groups excluding tert-OH is 1. The van der Waals surface area contributed by atoms with Crippen molar-refractivity contribution in [2.24, 2.45) is 10.8 Å². The lowest BCUT2D eigenvalue weighted by Gasteiger charge is -2.45. The number of carboxylic acids is 1. The molecule has 1 saturated heterocycles. The Hall–Kier alpha value is -2.08. The van der Waals surface area contributed by atoms with E-state index in [2.05, 4.69) is 0 Å². The zero-order chi connectivity index (χ0) is 19.7. The van der Waals surface area contributed by atoms with Crippen molar-refractivity contribution in [1.29, 1.82) is 0 Å². The maximum absolute atomic E-state index is 13.1. The molecule has 0 bridgehead atoms. The number of hydrogen-bond donors (Lipinski definition) is 2. The van der Waals surface area contributed by atoms with Crippen LogP contribution in [0.5, 0.6) is 5.75 Å². The van der Waals surface area contributed by atoms with E-state index in [0.717, 1.165) is 31.2 Å². The lowest BCUT2D eigenvalue weighted by molar-refractivity contribution is -0.168. The number of carbonyl (C=O) groups excluding carboxylic acids is 1. The number of nitrogens with zero attached hydrogens (tertiary/aromatic N) is 1. The first-order valence-corrected chi connectivity index (χ1v) is 9.64. The minimum Gasteiger partial charge on any atom is -0.497 e. The van der Waals surface area contributed by atoms with Crippen molar-refractivity contribution in [2.45, 2.75) is 51.6 Å². The van der Waals surface area contributed by atoms with Crippen LogP contribution in [0.1, 0.15) is 44.6 Å². The molecule has 27 heavy (non-hydrogen) atoms. The summed E-state index contributed by atoms with van der Waals surface area (Å²) in [7, 11) is 1.56. The van der Waals surface area contributed by atoms with Crippen molar-refractivity contribution in [3.8, 4) is 5.75 Å². The Morgan fingerprint density at radius 1 is 1.30 bits per heavy atom. The zero-order valence-electron chi connectivity index (χ0n) is 16.1. The molecule has 1 amide bonds. The standard InChI is InChI=1S/C21H29NO5/c1-20(9-3-4-10-20)18(24)22-11-8-17(23)21(14-22,19(25)26)13-15-6-5-7-16(12-15)27-2/h5-7,12,17,23H,3-4,8-11,13-14H2,1-2H3,(H,25,26)/t17-,21+/m0/s1. The van der Waals surface area contributed by atoms with E-state index >= 15 is 0 Å². The molecule has 0 unspecified atom stereocenters. The minimum absolute atomic E-state index is 0.0307. The van der Waals surface area contributed by atoms with E-state index in [1.807, 2.05) is 13.0 Å². The van der Waals surface area contributed by atoms with Gasteiger partial charge in [0, 0.05) is 18.5 Å². The summed E-state index contributed by atoms with van der Waals surface area (Å²) in [6, 6.07) is 7.22. The van der Waals surface area contributed by atoms with Gasteiger partial charge in [-0.3, -0.25) is 9.59 Å². The number of hydrogen-bond acceptors (Lipinski definition) is 4. The first-order chi connectivity index (χ1) is 12.8. The molecule has 0 aromatic heterocycles. The molecule has 3 rings (SSSR count). The van der Waals surface area contributed by atoms with Gasteiger partial charge in [0.05, 0.1) is 13.2 Å². The van der Waals surface area contributed by atoms with E-state index in [1.54, 1.807) is 30.2 Å². The first-order valence-electron chi connectivity index (χ1n) is 9.64. The lowest BCUT2D eigenvalue weighted by atomic mass is 9.72. The van der Waals surface area contributed by atoms with Gasteiger partial charge >= 0.3 is 5.97 Å². The van der Waals surface area contributed by atoms with Crippen molar-refractivity contribution >= 4 is 11.9 Å². The number of rotatable bonds is 5. The van der Waals surface area contributed by atoms with Crippen LogP contribution in [-0.2, 0) is 16.0 Å². The second kappa shape index (κ2) is 7.50. The van der Waals surface area contributed by atoms with Gasteiger partial charge in [0.15, 0.2) is 0 Å². The van der Waals surface area contributed by atoms with E-state index in [0.29, 0.717) is 12.3 Å². The fourth-order valence-corrected chi connectivity index (χ4v) is 4.61. The summed E-state index contributed by atoms with van der Waals surface area (Å²) in [5, 5.41) is 20.7. The first kappa shape index (κ1) is 19.7. The van der Waals surface area contributed by atoms with Crippen molar-refractivity contribution in [1.82, 2.24) is 4.90 Å². The molecule has 1 aliphatic heterocycles. The number of aliphatic carboxylic acids is 1. The molecular formula is C21H29NO5. The number of likely N-dealkylation sites (tertiary alicyclic amines) is 1. The Morgan fingerprint density at radius 2 is 2.00 bits per heavy atom. The average Bonchev–Trinajstić information content (AvgIpc) is 3.10. The summed E-state index contributed by atoms with van der Waals surface area (Å²) in [6.45, 7) is 2.43. The monoisotopic (exact) mass is 375 g/mol. The third kappa shape index (κ3) is 3.68. The molecule has 1 aromatic rings. The quantitative estimate of drug-likeness (QED) is 0.826. The van der Waals surface area contributed by atoms with Crippen LogP contribution in [0.2, 0.25) is 0 Å². The van der Waals surface area contributed by atoms with Crippen molar-refractivity contribution in [3.63, 3.8) is 0 Å². The molecule has 148 valence electrons. The van der Waals surface area contributed by atoms with E-state index in [1.165, 1.54) is 0 Å². The molecule has 2 fully saturated rings. The maximum Gasteiger partial charge on any atom is 0.314 e. The van der Waals surface area contributed by atoms with Crippen LogP contribution in [0.25, 0.3) is 0 Å². The van der Waals surface area contributed by atoms with Crippen LogP contribution < -0.4 is 4.74 Å². The molecule has 1 aliphatic carbocycles. The number of piperidine rings is 1. The number of methoxy groups -OCH3 is 1. The molecule has 1 saturated carbocycles. The van der Waals surface area contributed by atoms with Gasteiger partial charge in [-0.1, -0.05) is 31.9 Å². The fourth-order valence-electron chi connectivity index (χ4n) is 4.61. The lowest BCUT2D eigenvalue weighted by Crippen LogP contribution is -2.60. The molecule has 2 aliphatic rings. The van der Waals surface area contributed by atoms with E-state index in [9.17, 15) is 19.8 Å². The molecule has 2 atom stereocenters. The molecule has 0 radical (unpaired) electrons. The van der Waals surface area contributed by atoms with Gasteiger partial charge in [0.2, 0.25) is 5.91 Å². The molecule has 1 heterocycles. The van der Waals surface area contributed by atoms with Crippen LogP contribution in [0.15, 0.2) is 24.3 Å². The van der Waals surface area contributed by atoms with Gasteiger partial charge in [-0.25, -0.2) is 0 Å². The largest absolute Gasteiger partial charge is 0.497 e. The second-order valence-corrected chi connectivity index (χ2v) is 8.29. The van der Waals surface area contributed by atoms with Crippen LogP contribution in [0, 0.1) is 10.8 Å². The number of ether oxygens (including phenoxy) is 1. The smallest absolute Gasteiger partial charge is 0.314 e.